The zero-order valence-electron chi connectivity index (χ0n) is 12.2. The maximum Gasteiger partial charge on any atom is 0.149 e. The zero-order valence-corrected chi connectivity index (χ0v) is 13.0. The summed E-state index contributed by atoms with van der Waals surface area (Å²) in [5.74, 6) is 0.144. The maximum atomic E-state index is 11.2. The summed E-state index contributed by atoms with van der Waals surface area (Å²) < 4.78 is 22.4. The largest absolute Gasteiger partial charge is 0.382 e. The fourth-order valence-corrected chi connectivity index (χ4v) is 3.13. The Labute approximate surface area is 116 Å². The Kier molecular flexibility index (Phi) is 5.66. The second kappa shape index (κ2) is 6.80. The second-order valence-electron chi connectivity index (χ2n) is 4.86. The summed E-state index contributed by atoms with van der Waals surface area (Å²) in [6.07, 6.45) is 1.26. The van der Waals surface area contributed by atoms with Crippen molar-refractivity contribution in [1.82, 2.24) is 0 Å². The van der Waals surface area contributed by atoms with Crippen LogP contribution in [-0.4, -0.2) is 39.6 Å². The van der Waals surface area contributed by atoms with Crippen molar-refractivity contribution >= 4 is 21.2 Å². The monoisotopic (exact) mass is 284 g/mol. The average molecular weight is 284 g/mol. The molecule has 0 radical (unpaired) electrons. The third-order valence-corrected chi connectivity index (χ3v) is 4.07. The van der Waals surface area contributed by atoms with Gasteiger partial charge in [0.1, 0.15) is 9.84 Å². The minimum absolute atomic E-state index is 0.0886. The number of sulfone groups is 1. The van der Waals surface area contributed by atoms with Gasteiger partial charge < -0.3 is 10.2 Å². The molecule has 108 valence electrons. The molecular weight excluding hydrogens is 260 g/mol. The van der Waals surface area contributed by atoms with E-state index in [4.69, 9.17) is 0 Å². The van der Waals surface area contributed by atoms with Crippen LogP contribution in [0.25, 0.3) is 0 Å². The summed E-state index contributed by atoms with van der Waals surface area (Å²) in [7, 11) is -2.94. The van der Waals surface area contributed by atoms with Gasteiger partial charge in [-0.05, 0) is 45.0 Å². The molecule has 1 unspecified atom stereocenters. The molecule has 0 heterocycles. The quantitative estimate of drug-likeness (QED) is 0.835. The van der Waals surface area contributed by atoms with Crippen LogP contribution in [0.15, 0.2) is 24.3 Å². The van der Waals surface area contributed by atoms with Gasteiger partial charge in [0.2, 0.25) is 0 Å². The molecule has 0 amide bonds. The highest BCUT2D eigenvalue weighted by Crippen LogP contribution is 2.18. The number of benzene rings is 1. The van der Waals surface area contributed by atoms with Crippen LogP contribution < -0.4 is 10.2 Å². The van der Waals surface area contributed by atoms with Crippen molar-refractivity contribution in [3.63, 3.8) is 0 Å². The SMILES string of the molecule is CCN(CC)c1ccc(NC(C)CS(C)(=O)=O)cc1. The van der Waals surface area contributed by atoms with Crippen molar-refractivity contribution < 1.29 is 8.42 Å². The molecule has 1 atom stereocenters. The van der Waals surface area contributed by atoms with Gasteiger partial charge in [-0.1, -0.05) is 0 Å². The molecule has 1 rings (SSSR count). The Balaban J connectivity index is 2.66. The predicted molar refractivity (Wildman–Crippen MR) is 82.8 cm³/mol. The van der Waals surface area contributed by atoms with E-state index in [-0.39, 0.29) is 11.8 Å². The lowest BCUT2D eigenvalue weighted by Gasteiger charge is -2.21. The summed E-state index contributed by atoms with van der Waals surface area (Å²) in [5.41, 5.74) is 2.14. The second-order valence-corrected chi connectivity index (χ2v) is 7.04. The lowest BCUT2D eigenvalue weighted by molar-refractivity contribution is 0.598. The molecule has 0 fully saturated rings. The molecule has 0 bridgehead atoms. The molecule has 5 heteroatoms. The Morgan fingerprint density at radius 3 is 2.11 bits per heavy atom. The van der Waals surface area contributed by atoms with Crippen molar-refractivity contribution in [2.24, 2.45) is 0 Å². The topological polar surface area (TPSA) is 49.4 Å². The van der Waals surface area contributed by atoms with E-state index >= 15 is 0 Å². The number of rotatable bonds is 7. The van der Waals surface area contributed by atoms with Gasteiger partial charge in [0.25, 0.3) is 0 Å². The Hall–Kier alpha value is -1.23. The van der Waals surface area contributed by atoms with Crippen molar-refractivity contribution in [2.75, 3.05) is 35.3 Å². The van der Waals surface area contributed by atoms with E-state index in [2.05, 4.69) is 36.2 Å². The van der Waals surface area contributed by atoms with E-state index in [1.54, 1.807) is 0 Å². The highest BCUT2D eigenvalue weighted by Gasteiger charge is 2.10. The maximum absolute atomic E-state index is 11.2. The first-order valence-corrected chi connectivity index (χ1v) is 8.71. The summed E-state index contributed by atoms with van der Waals surface area (Å²) in [5, 5.41) is 3.20. The molecule has 0 aliphatic carbocycles. The van der Waals surface area contributed by atoms with Crippen LogP contribution in [-0.2, 0) is 9.84 Å². The number of nitrogens with zero attached hydrogens (tertiary/aromatic N) is 1. The molecule has 19 heavy (non-hydrogen) atoms. The van der Waals surface area contributed by atoms with Gasteiger partial charge in [-0.2, -0.15) is 0 Å². The summed E-state index contributed by atoms with van der Waals surface area (Å²) in [6.45, 7) is 8.09. The van der Waals surface area contributed by atoms with Crippen LogP contribution in [0.3, 0.4) is 0 Å². The molecule has 4 nitrogen and oxygen atoms in total. The Morgan fingerprint density at radius 2 is 1.68 bits per heavy atom. The van der Waals surface area contributed by atoms with Gasteiger partial charge in [0.05, 0.1) is 5.75 Å². The first-order valence-electron chi connectivity index (χ1n) is 6.65. The van der Waals surface area contributed by atoms with Gasteiger partial charge in [-0.15, -0.1) is 0 Å². The van der Waals surface area contributed by atoms with Crippen LogP contribution in [0.1, 0.15) is 20.8 Å². The molecule has 0 spiro atoms. The zero-order chi connectivity index (χ0) is 14.5. The van der Waals surface area contributed by atoms with E-state index in [1.807, 2.05) is 19.1 Å². The molecule has 0 aliphatic rings. The van der Waals surface area contributed by atoms with Crippen LogP contribution in [0.2, 0.25) is 0 Å². The van der Waals surface area contributed by atoms with Crippen LogP contribution >= 0.6 is 0 Å². The smallest absolute Gasteiger partial charge is 0.149 e. The van der Waals surface area contributed by atoms with Crippen molar-refractivity contribution in [1.29, 1.82) is 0 Å². The Bertz CT molecular complexity index is 479. The van der Waals surface area contributed by atoms with Crippen molar-refractivity contribution in [3.8, 4) is 0 Å². The number of hydrogen-bond donors (Lipinski definition) is 1. The third kappa shape index (κ3) is 5.51. The van der Waals surface area contributed by atoms with Gasteiger partial charge in [-0.25, -0.2) is 8.42 Å². The van der Waals surface area contributed by atoms with Crippen molar-refractivity contribution in [3.05, 3.63) is 24.3 Å². The normalized spacial score (nSPS) is 13.1. The summed E-state index contributed by atoms with van der Waals surface area (Å²) in [6, 6.07) is 8.01. The minimum Gasteiger partial charge on any atom is -0.382 e. The fraction of sp³-hybridized carbons (Fsp3) is 0.571. The lowest BCUT2D eigenvalue weighted by atomic mass is 10.2. The van der Waals surface area contributed by atoms with Gasteiger partial charge in [0, 0.05) is 36.8 Å². The number of hydrogen-bond acceptors (Lipinski definition) is 4. The first-order chi connectivity index (χ1) is 8.85. The average Bonchev–Trinajstić information content (AvgIpc) is 2.30. The Morgan fingerprint density at radius 1 is 1.16 bits per heavy atom. The van der Waals surface area contributed by atoms with Gasteiger partial charge >= 0.3 is 0 Å². The molecule has 0 saturated heterocycles. The number of anilines is 2. The third-order valence-electron chi connectivity index (χ3n) is 2.96. The van der Waals surface area contributed by atoms with E-state index in [0.717, 1.165) is 18.8 Å². The first kappa shape index (κ1) is 15.8. The van der Waals surface area contributed by atoms with Gasteiger partial charge in [-0.3, -0.25) is 0 Å². The van der Waals surface area contributed by atoms with Crippen LogP contribution in [0.5, 0.6) is 0 Å². The van der Waals surface area contributed by atoms with E-state index < -0.39 is 9.84 Å². The molecule has 1 aromatic rings. The highest BCUT2D eigenvalue weighted by molar-refractivity contribution is 7.90. The van der Waals surface area contributed by atoms with Crippen LogP contribution in [0.4, 0.5) is 11.4 Å². The molecule has 0 aromatic heterocycles. The van der Waals surface area contributed by atoms with E-state index in [1.165, 1.54) is 11.9 Å². The van der Waals surface area contributed by atoms with Crippen LogP contribution in [0, 0.1) is 0 Å². The highest BCUT2D eigenvalue weighted by atomic mass is 32.2. The summed E-state index contributed by atoms with van der Waals surface area (Å²) >= 11 is 0. The predicted octanol–water partition coefficient (Wildman–Crippen LogP) is 2.38. The van der Waals surface area contributed by atoms with E-state index in [0.29, 0.717) is 0 Å². The molecular formula is C14H24N2O2S. The summed E-state index contributed by atoms with van der Waals surface area (Å²) in [4.78, 5) is 2.27. The van der Waals surface area contributed by atoms with Gasteiger partial charge in [0.15, 0.2) is 0 Å². The standard InChI is InChI=1S/C14H24N2O2S/c1-5-16(6-2)14-9-7-13(8-10-14)15-12(3)11-19(4,17)18/h7-10,12,15H,5-6,11H2,1-4H3. The van der Waals surface area contributed by atoms with Crippen molar-refractivity contribution in [2.45, 2.75) is 26.8 Å². The molecule has 0 saturated carbocycles. The lowest BCUT2D eigenvalue weighted by Crippen LogP contribution is -2.25. The molecule has 1 N–H and O–H groups in total. The fourth-order valence-electron chi connectivity index (χ4n) is 2.14. The number of nitrogens with one attached hydrogen (secondary N) is 1. The van der Waals surface area contributed by atoms with E-state index in [9.17, 15) is 8.42 Å². The molecule has 0 aliphatic heterocycles. The molecule has 1 aromatic carbocycles. The minimum atomic E-state index is -2.94.